The molecule has 0 saturated carbocycles. The number of carbonyl (C=O) groups is 3. The van der Waals surface area contributed by atoms with Crippen molar-refractivity contribution in [3.63, 3.8) is 0 Å². The van der Waals surface area contributed by atoms with Crippen LogP contribution in [0, 0.1) is 20.8 Å². The number of rotatable bonds is 10. The zero-order valence-electron chi connectivity index (χ0n) is 31.4. The fourth-order valence-corrected chi connectivity index (χ4v) is 4.26. The zero-order valence-corrected chi connectivity index (χ0v) is 31.4. The van der Waals surface area contributed by atoms with Crippen LogP contribution in [0.3, 0.4) is 0 Å². The van der Waals surface area contributed by atoms with E-state index in [-0.39, 0.29) is 35.3 Å². The molecule has 6 aromatic rings. The van der Waals surface area contributed by atoms with Gasteiger partial charge in [0.2, 0.25) is 11.8 Å². The first-order valence-electron chi connectivity index (χ1n) is 17.3. The molecule has 3 amide bonds. The molecule has 0 spiro atoms. The van der Waals surface area contributed by atoms with Gasteiger partial charge in [-0.25, -0.2) is 0 Å². The quantitative estimate of drug-likeness (QED) is 0.120. The summed E-state index contributed by atoms with van der Waals surface area (Å²) in [6, 6.07) is 20.7. The molecule has 3 N–H and O–H groups in total. The molecule has 0 aliphatic rings. The summed E-state index contributed by atoms with van der Waals surface area (Å²) >= 11 is 0. The summed E-state index contributed by atoms with van der Waals surface area (Å²) in [6.07, 6.45) is -1.94. The van der Waals surface area contributed by atoms with Crippen LogP contribution in [0.4, 0.5) is 31.2 Å². The topological polar surface area (TPSA) is 204 Å². The number of hydrogen-bond donors (Lipinski definition) is 3. The minimum absolute atomic E-state index is 0.129. The third kappa shape index (κ3) is 13.0. The van der Waals surface area contributed by atoms with Gasteiger partial charge in [-0.15, -0.1) is 15.3 Å². The SMILES string of the molecule is CCCCc1nnc(NC(=O)c2ccc(C)cc2)o1.Cc1ccc(C(=O)Nc2nnc(C(C)C)o2)cc1.Cc1ccc(C(=O)Nc2nnc(C(F)(F)F)o2)cc1. The van der Waals surface area contributed by atoms with Gasteiger partial charge in [-0.2, -0.15) is 13.2 Å². The molecular weight excluding hydrogens is 735 g/mol. The molecule has 294 valence electrons. The Morgan fingerprint density at radius 3 is 1.36 bits per heavy atom. The van der Waals surface area contributed by atoms with E-state index in [4.69, 9.17) is 8.83 Å². The Bertz CT molecular complexity index is 2180. The molecule has 18 heteroatoms. The molecule has 0 aliphatic heterocycles. The monoisotopic (exact) mass is 775 g/mol. The number of nitrogens with zero attached hydrogens (tertiary/aromatic N) is 6. The van der Waals surface area contributed by atoms with E-state index in [1.807, 2.05) is 58.9 Å². The van der Waals surface area contributed by atoms with Gasteiger partial charge >= 0.3 is 30.1 Å². The van der Waals surface area contributed by atoms with Crippen LogP contribution >= 0.6 is 0 Å². The van der Waals surface area contributed by atoms with Crippen molar-refractivity contribution >= 4 is 35.8 Å². The van der Waals surface area contributed by atoms with Gasteiger partial charge in [-0.05, 0) is 63.6 Å². The molecule has 0 fully saturated rings. The van der Waals surface area contributed by atoms with Crippen LogP contribution in [0.1, 0.15) is 105 Å². The van der Waals surface area contributed by atoms with Crippen LogP contribution in [0.5, 0.6) is 0 Å². The Balaban J connectivity index is 0.000000187. The van der Waals surface area contributed by atoms with E-state index in [1.54, 1.807) is 36.4 Å². The van der Waals surface area contributed by atoms with Gasteiger partial charge in [0.25, 0.3) is 17.7 Å². The lowest BCUT2D eigenvalue weighted by Crippen LogP contribution is -2.12. The van der Waals surface area contributed by atoms with Crippen molar-refractivity contribution in [1.82, 2.24) is 30.6 Å². The van der Waals surface area contributed by atoms with Crippen molar-refractivity contribution in [2.75, 3.05) is 16.0 Å². The summed E-state index contributed by atoms with van der Waals surface area (Å²) in [5.74, 6) is -1.43. The molecule has 0 bridgehead atoms. The maximum atomic E-state index is 12.2. The molecule has 0 atom stereocenters. The van der Waals surface area contributed by atoms with E-state index in [1.165, 1.54) is 12.1 Å². The van der Waals surface area contributed by atoms with E-state index in [0.717, 1.165) is 36.0 Å². The summed E-state index contributed by atoms with van der Waals surface area (Å²) in [7, 11) is 0. The number of halogens is 3. The number of alkyl halides is 3. The lowest BCUT2D eigenvalue weighted by molar-refractivity contribution is -0.156. The molecule has 0 unspecified atom stereocenters. The highest BCUT2D eigenvalue weighted by molar-refractivity contribution is 6.04. The number of anilines is 3. The number of aryl methyl sites for hydroxylation is 4. The molecule has 3 heterocycles. The Labute approximate surface area is 319 Å². The molecule has 3 aromatic carbocycles. The van der Waals surface area contributed by atoms with Crippen LogP contribution in [0.2, 0.25) is 0 Å². The normalized spacial score (nSPS) is 10.8. The van der Waals surface area contributed by atoms with E-state index in [9.17, 15) is 27.6 Å². The molecular formula is C38H40F3N9O6. The van der Waals surface area contributed by atoms with Crippen molar-refractivity contribution in [3.05, 3.63) is 124 Å². The van der Waals surface area contributed by atoms with Gasteiger partial charge in [0, 0.05) is 29.0 Å². The summed E-state index contributed by atoms with van der Waals surface area (Å²) in [5, 5.41) is 28.5. The van der Waals surface area contributed by atoms with E-state index < -0.39 is 24.0 Å². The highest BCUT2D eigenvalue weighted by Crippen LogP contribution is 2.28. The Kier molecular flexibility index (Phi) is 14.7. The van der Waals surface area contributed by atoms with Crippen LogP contribution in [-0.4, -0.2) is 48.3 Å². The average molecular weight is 776 g/mol. The predicted molar refractivity (Wildman–Crippen MR) is 198 cm³/mol. The summed E-state index contributed by atoms with van der Waals surface area (Å²) in [5.41, 5.74) is 4.57. The van der Waals surface area contributed by atoms with Gasteiger partial charge in [0.05, 0.1) is 0 Å². The van der Waals surface area contributed by atoms with Gasteiger partial charge in [0.15, 0.2) is 0 Å². The lowest BCUT2D eigenvalue weighted by atomic mass is 10.1. The zero-order chi connectivity index (χ0) is 40.8. The molecule has 15 nitrogen and oxygen atoms in total. The second kappa shape index (κ2) is 19.6. The fourth-order valence-electron chi connectivity index (χ4n) is 4.26. The summed E-state index contributed by atoms with van der Waals surface area (Å²) in [6.45, 7) is 11.8. The highest BCUT2D eigenvalue weighted by Gasteiger charge is 2.38. The number of nitrogens with one attached hydrogen (secondary N) is 3. The van der Waals surface area contributed by atoms with Gasteiger partial charge in [-0.1, -0.05) is 95.6 Å². The summed E-state index contributed by atoms with van der Waals surface area (Å²) < 4.78 is 51.5. The van der Waals surface area contributed by atoms with E-state index in [2.05, 4.69) is 57.9 Å². The van der Waals surface area contributed by atoms with Crippen molar-refractivity contribution in [3.8, 4) is 0 Å². The third-order valence-corrected chi connectivity index (χ3v) is 7.42. The minimum Gasteiger partial charge on any atom is -0.408 e. The van der Waals surface area contributed by atoms with Crippen molar-refractivity contribution in [2.45, 2.75) is 72.9 Å². The van der Waals surface area contributed by atoms with Gasteiger partial charge < -0.3 is 13.3 Å². The maximum absolute atomic E-state index is 12.2. The third-order valence-electron chi connectivity index (χ3n) is 7.42. The standard InChI is InChI=1S/C14H17N3O2.C13H15N3O2.C11H8F3N3O2/c1-3-4-5-12-16-17-14(19-12)15-13(18)11-8-6-10(2)7-9-11;1-8(2)12-15-16-13(18-12)14-11(17)10-6-4-9(3)5-7-10;1-6-2-4-7(5-3-6)8(18)15-10-17-16-9(19-10)11(12,13)14/h6-9H,3-5H2,1-2H3,(H,15,17,18);4-8H,1-3H3,(H,14,16,17);2-5H,1H3,(H,15,17,18). The molecule has 56 heavy (non-hydrogen) atoms. The lowest BCUT2D eigenvalue weighted by Gasteiger charge is -2.01. The molecule has 0 aliphatic carbocycles. The fraction of sp³-hybridized carbons (Fsp3) is 0.289. The van der Waals surface area contributed by atoms with Crippen LogP contribution in [0.25, 0.3) is 0 Å². The van der Waals surface area contributed by atoms with E-state index in [0.29, 0.717) is 22.9 Å². The Morgan fingerprint density at radius 2 is 0.982 bits per heavy atom. The number of unbranched alkanes of at least 4 members (excludes halogenated alkanes) is 1. The van der Waals surface area contributed by atoms with Crippen LogP contribution < -0.4 is 16.0 Å². The second-order valence-corrected chi connectivity index (χ2v) is 12.6. The van der Waals surface area contributed by atoms with Gasteiger partial charge in [0.1, 0.15) is 0 Å². The second-order valence-electron chi connectivity index (χ2n) is 12.6. The van der Waals surface area contributed by atoms with Crippen LogP contribution in [-0.2, 0) is 12.6 Å². The number of benzene rings is 3. The molecule has 6 rings (SSSR count). The van der Waals surface area contributed by atoms with Crippen molar-refractivity contribution < 1.29 is 40.8 Å². The van der Waals surface area contributed by atoms with Gasteiger partial charge in [-0.3, -0.25) is 30.3 Å². The first-order valence-corrected chi connectivity index (χ1v) is 17.3. The summed E-state index contributed by atoms with van der Waals surface area (Å²) in [4.78, 5) is 35.4. The largest absolute Gasteiger partial charge is 0.470 e. The average Bonchev–Trinajstić information content (AvgIpc) is 3.94. The Hall–Kier alpha value is -6.72. The highest BCUT2D eigenvalue weighted by atomic mass is 19.4. The Morgan fingerprint density at radius 1 is 0.589 bits per heavy atom. The minimum atomic E-state index is -4.74. The first-order chi connectivity index (χ1) is 26.6. The van der Waals surface area contributed by atoms with Crippen molar-refractivity contribution in [2.24, 2.45) is 0 Å². The number of carbonyl (C=O) groups excluding carboxylic acids is 3. The van der Waals surface area contributed by atoms with Crippen LogP contribution in [0.15, 0.2) is 86.0 Å². The number of hydrogen-bond acceptors (Lipinski definition) is 12. The molecule has 3 aromatic heterocycles. The predicted octanol–water partition coefficient (Wildman–Crippen LogP) is 8.38. The molecule has 0 radical (unpaired) electrons. The van der Waals surface area contributed by atoms with E-state index >= 15 is 0 Å². The number of aromatic nitrogens is 6. The maximum Gasteiger partial charge on any atom is 0.470 e. The number of amides is 3. The smallest absolute Gasteiger partial charge is 0.408 e. The first kappa shape index (κ1) is 42.0. The van der Waals surface area contributed by atoms with Crippen molar-refractivity contribution in [1.29, 1.82) is 0 Å². The molecule has 0 saturated heterocycles.